The van der Waals surface area contributed by atoms with E-state index in [1.165, 1.54) is 11.8 Å². The first-order valence-electron chi connectivity index (χ1n) is 6.09. The fourth-order valence-electron chi connectivity index (χ4n) is 1.79. The van der Waals surface area contributed by atoms with E-state index in [0.717, 1.165) is 22.8 Å². The van der Waals surface area contributed by atoms with E-state index < -0.39 is 0 Å². The summed E-state index contributed by atoms with van der Waals surface area (Å²) in [6.07, 6.45) is 0. The molecule has 5 heteroatoms. The van der Waals surface area contributed by atoms with Gasteiger partial charge in [0, 0.05) is 12.1 Å². The summed E-state index contributed by atoms with van der Waals surface area (Å²) in [6.45, 7) is 4.34. The third kappa shape index (κ3) is 3.11. The Labute approximate surface area is 117 Å². The predicted molar refractivity (Wildman–Crippen MR) is 76.6 cm³/mol. The average molecular weight is 278 g/mol. The summed E-state index contributed by atoms with van der Waals surface area (Å²) in [6, 6.07) is 7.88. The number of hydrogen-bond donors (Lipinski definition) is 1. The largest absolute Gasteiger partial charge is 0.496 e. The Balaban J connectivity index is 2.24. The van der Waals surface area contributed by atoms with Crippen LogP contribution in [0.15, 0.2) is 33.9 Å². The molecular formula is C14H18N2O2S. The van der Waals surface area contributed by atoms with E-state index in [1.54, 1.807) is 7.11 Å². The normalized spacial score (nSPS) is 12.4. The van der Waals surface area contributed by atoms with Crippen LogP contribution in [0.4, 0.5) is 0 Å². The number of aromatic nitrogens is 1. The fraction of sp³-hybridized carbons (Fsp3) is 0.357. The molecule has 0 radical (unpaired) electrons. The minimum absolute atomic E-state index is 0.0635. The quantitative estimate of drug-likeness (QED) is 0.852. The Morgan fingerprint density at radius 2 is 2.11 bits per heavy atom. The molecule has 0 saturated carbocycles. The van der Waals surface area contributed by atoms with Gasteiger partial charge in [0.15, 0.2) is 0 Å². The summed E-state index contributed by atoms with van der Waals surface area (Å²) in [5, 5.41) is 0.713. The number of aryl methyl sites for hydroxylation is 2. The molecule has 1 heterocycles. The van der Waals surface area contributed by atoms with E-state index in [9.17, 15) is 0 Å². The number of para-hydroxylation sites is 1. The topological polar surface area (TPSA) is 61.3 Å². The zero-order valence-corrected chi connectivity index (χ0v) is 12.2. The standard InChI is InChI=1S/C14H18N2O2S/c1-9-10(2)18-14(16-9)19-13(8-15)11-6-4-5-7-12(11)17-3/h4-7,13H,8,15H2,1-3H3. The van der Waals surface area contributed by atoms with Crippen molar-refractivity contribution in [2.45, 2.75) is 24.3 Å². The second-order valence-corrected chi connectivity index (χ2v) is 5.36. The minimum atomic E-state index is 0.0635. The Hall–Kier alpha value is -1.46. The van der Waals surface area contributed by atoms with Gasteiger partial charge in [-0.25, -0.2) is 4.98 Å². The second kappa shape index (κ2) is 6.12. The van der Waals surface area contributed by atoms with E-state index in [4.69, 9.17) is 14.9 Å². The number of nitrogens with two attached hydrogens (primary N) is 1. The lowest BCUT2D eigenvalue weighted by Gasteiger charge is -2.15. The molecular weight excluding hydrogens is 260 g/mol. The molecule has 102 valence electrons. The number of methoxy groups -OCH3 is 1. The molecule has 0 aliphatic heterocycles. The van der Waals surface area contributed by atoms with E-state index in [2.05, 4.69) is 4.98 Å². The Morgan fingerprint density at radius 3 is 2.68 bits per heavy atom. The Kier molecular flexibility index (Phi) is 4.50. The van der Waals surface area contributed by atoms with Crippen molar-refractivity contribution in [2.24, 2.45) is 5.73 Å². The van der Waals surface area contributed by atoms with E-state index in [-0.39, 0.29) is 5.25 Å². The lowest BCUT2D eigenvalue weighted by atomic mass is 10.1. The Morgan fingerprint density at radius 1 is 1.37 bits per heavy atom. The summed E-state index contributed by atoms with van der Waals surface area (Å²) in [4.78, 5) is 4.38. The van der Waals surface area contributed by atoms with E-state index in [1.807, 2.05) is 38.1 Å². The van der Waals surface area contributed by atoms with Crippen LogP contribution in [0.1, 0.15) is 22.3 Å². The van der Waals surface area contributed by atoms with Crippen LogP contribution in [0, 0.1) is 13.8 Å². The maximum absolute atomic E-state index is 5.88. The van der Waals surface area contributed by atoms with Gasteiger partial charge in [-0.1, -0.05) is 30.0 Å². The van der Waals surface area contributed by atoms with Crippen LogP contribution in [0.5, 0.6) is 5.75 Å². The lowest BCUT2D eigenvalue weighted by Crippen LogP contribution is -2.10. The second-order valence-electron chi connectivity index (χ2n) is 4.21. The third-order valence-corrected chi connectivity index (χ3v) is 4.06. The van der Waals surface area contributed by atoms with Crippen molar-refractivity contribution in [1.29, 1.82) is 0 Å². The van der Waals surface area contributed by atoms with Crippen LogP contribution in [0.3, 0.4) is 0 Å². The van der Waals surface area contributed by atoms with Gasteiger partial charge in [0.05, 0.1) is 18.1 Å². The van der Waals surface area contributed by atoms with E-state index in [0.29, 0.717) is 11.8 Å². The molecule has 0 aliphatic carbocycles. The number of nitrogens with zero attached hydrogens (tertiary/aromatic N) is 1. The van der Waals surface area contributed by atoms with Crippen molar-refractivity contribution in [2.75, 3.05) is 13.7 Å². The molecule has 19 heavy (non-hydrogen) atoms. The van der Waals surface area contributed by atoms with Gasteiger partial charge in [-0.2, -0.15) is 0 Å². The highest BCUT2D eigenvalue weighted by molar-refractivity contribution is 7.99. The Bertz CT molecular complexity index is 535. The van der Waals surface area contributed by atoms with Gasteiger partial charge in [-0.05, 0) is 19.9 Å². The van der Waals surface area contributed by atoms with Crippen LogP contribution in [-0.2, 0) is 0 Å². The average Bonchev–Trinajstić information content (AvgIpc) is 2.75. The number of rotatable bonds is 5. The summed E-state index contributed by atoms with van der Waals surface area (Å²) in [5.41, 5.74) is 7.85. The number of benzene rings is 1. The maximum Gasteiger partial charge on any atom is 0.256 e. The number of oxazole rings is 1. The molecule has 0 fully saturated rings. The molecule has 0 spiro atoms. The number of hydrogen-bond acceptors (Lipinski definition) is 5. The fourth-order valence-corrected chi connectivity index (χ4v) is 2.81. The maximum atomic E-state index is 5.88. The summed E-state index contributed by atoms with van der Waals surface area (Å²) in [7, 11) is 1.66. The molecule has 0 amide bonds. The molecule has 1 aromatic heterocycles. The summed E-state index contributed by atoms with van der Waals surface area (Å²) in [5.74, 6) is 1.68. The van der Waals surface area contributed by atoms with Gasteiger partial charge in [0.1, 0.15) is 11.5 Å². The predicted octanol–water partition coefficient (Wildman–Crippen LogP) is 3.09. The van der Waals surface area contributed by atoms with Crippen LogP contribution < -0.4 is 10.5 Å². The molecule has 0 saturated heterocycles. The minimum Gasteiger partial charge on any atom is -0.496 e. The summed E-state index contributed by atoms with van der Waals surface area (Å²) < 4.78 is 11.0. The first-order chi connectivity index (χ1) is 9.15. The highest BCUT2D eigenvalue weighted by Gasteiger charge is 2.19. The zero-order valence-electron chi connectivity index (χ0n) is 11.3. The molecule has 2 N–H and O–H groups in total. The van der Waals surface area contributed by atoms with Gasteiger partial charge >= 0.3 is 0 Å². The van der Waals surface area contributed by atoms with Gasteiger partial charge in [-0.15, -0.1) is 0 Å². The lowest BCUT2D eigenvalue weighted by molar-refractivity contribution is 0.408. The number of ether oxygens (including phenoxy) is 1. The molecule has 0 aliphatic rings. The van der Waals surface area contributed by atoms with Crippen LogP contribution in [0.25, 0.3) is 0 Å². The molecule has 0 bridgehead atoms. The molecule has 2 aromatic rings. The molecule has 1 unspecified atom stereocenters. The number of thioether (sulfide) groups is 1. The third-order valence-electron chi connectivity index (χ3n) is 2.95. The zero-order chi connectivity index (χ0) is 13.8. The van der Waals surface area contributed by atoms with Crippen molar-refractivity contribution < 1.29 is 9.15 Å². The van der Waals surface area contributed by atoms with Crippen molar-refractivity contribution in [3.63, 3.8) is 0 Å². The van der Waals surface area contributed by atoms with E-state index >= 15 is 0 Å². The van der Waals surface area contributed by atoms with Gasteiger partial charge in [0.25, 0.3) is 5.22 Å². The van der Waals surface area contributed by atoms with Crippen LogP contribution >= 0.6 is 11.8 Å². The van der Waals surface area contributed by atoms with Crippen molar-refractivity contribution in [3.8, 4) is 5.75 Å². The first-order valence-corrected chi connectivity index (χ1v) is 6.97. The van der Waals surface area contributed by atoms with Crippen molar-refractivity contribution in [3.05, 3.63) is 41.3 Å². The van der Waals surface area contributed by atoms with Crippen molar-refractivity contribution in [1.82, 2.24) is 4.98 Å². The molecule has 2 rings (SSSR count). The molecule has 4 nitrogen and oxygen atoms in total. The van der Waals surface area contributed by atoms with Crippen molar-refractivity contribution >= 4 is 11.8 Å². The monoisotopic (exact) mass is 278 g/mol. The highest BCUT2D eigenvalue weighted by atomic mass is 32.2. The van der Waals surface area contributed by atoms with Gasteiger partial charge in [0.2, 0.25) is 0 Å². The summed E-state index contributed by atoms with van der Waals surface area (Å²) >= 11 is 1.52. The first kappa shape index (κ1) is 14.0. The smallest absolute Gasteiger partial charge is 0.256 e. The van der Waals surface area contributed by atoms with Crippen LogP contribution in [0.2, 0.25) is 0 Å². The van der Waals surface area contributed by atoms with Gasteiger partial charge < -0.3 is 14.9 Å². The molecule has 1 atom stereocenters. The van der Waals surface area contributed by atoms with Gasteiger partial charge in [-0.3, -0.25) is 0 Å². The SMILES string of the molecule is COc1ccccc1C(CN)Sc1nc(C)c(C)o1. The highest BCUT2D eigenvalue weighted by Crippen LogP contribution is 2.38. The molecule has 1 aromatic carbocycles. The van der Waals surface area contributed by atoms with Crippen LogP contribution in [-0.4, -0.2) is 18.6 Å².